The third kappa shape index (κ3) is 0.910. The number of carbonyl (C=O) groups excluding carboxylic acids is 2. The summed E-state index contributed by atoms with van der Waals surface area (Å²) in [4.78, 5) is 23.6. The molecule has 2 unspecified atom stereocenters. The lowest BCUT2D eigenvalue weighted by molar-refractivity contribution is -0.120. The van der Waals surface area contributed by atoms with E-state index in [1.807, 2.05) is 0 Å². The fourth-order valence-electron chi connectivity index (χ4n) is 2.56. The van der Waals surface area contributed by atoms with Crippen molar-refractivity contribution in [1.82, 2.24) is 0 Å². The number of halogens is 1. The van der Waals surface area contributed by atoms with Gasteiger partial charge in [0, 0.05) is 0 Å². The van der Waals surface area contributed by atoms with Crippen molar-refractivity contribution in [3.8, 4) is 0 Å². The van der Waals surface area contributed by atoms with Crippen LogP contribution >= 0.6 is 15.9 Å². The number of hydrogen-bond acceptors (Lipinski definition) is 2. The van der Waals surface area contributed by atoms with Crippen LogP contribution in [0.2, 0.25) is 24.7 Å². The largest absolute Gasteiger partial charge is 0.294 e. The van der Waals surface area contributed by atoms with Gasteiger partial charge in [-0.1, -0.05) is 35.6 Å². The van der Waals surface area contributed by atoms with Gasteiger partial charge < -0.3 is 0 Å². The van der Waals surface area contributed by atoms with E-state index in [1.54, 1.807) is 0 Å². The summed E-state index contributed by atoms with van der Waals surface area (Å²) in [7, 11) is -1.65. The molecule has 14 heavy (non-hydrogen) atoms. The zero-order valence-electron chi connectivity index (χ0n) is 8.56. The van der Waals surface area contributed by atoms with E-state index in [9.17, 15) is 9.59 Å². The molecule has 0 heterocycles. The molecule has 0 aromatic rings. The molecule has 76 valence electrons. The molecule has 0 aliphatic heterocycles. The van der Waals surface area contributed by atoms with E-state index in [0.717, 1.165) is 0 Å². The number of rotatable bonds is 1. The third-order valence-corrected chi connectivity index (χ3v) is 8.66. The maximum Gasteiger partial charge on any atom is 0.173 e. The maximum atomic E-state index is 11.9. The quantitative estimate of drug-likeness (QED) is 0.542. The normalized spacial score (nSPS) is 41.1. The lowest BCUT2D eigenvalue weighted by Crippen LogP contribution is -2.43. The van der Waals surface area contributed by atoms with Crippen LogP contribution in [0.25, 0.3) is 0 Å². The van der Waals surface area contributed by atoms with Gasteiger partial charge in [-0.25, -0.2) is 0 Å². The smallest absolute Gasteiger partial charge is 0.173 e. The Morgan fingerprint density at radius 1 is 1.21 bits per heavy atom. The Balaban J connectivity index is 2.55. The first-order chi connectivity index (χ1) is 6.26. The fourth-order valence-corrected chi connectivity index (χ4v) is 8.28. The van der Waals surface area contributed by atoms with Crippen LogP contribution < -0.4 is 0 Å². The van der Waals surface area contributed by atoms with E-state index in [4.69, 9.17) is 0 Å². The molecule has 1 saturated carbocycles. The molecular formula is C10H13BrO2Si. The number of carbonyl (C=O) groups is 2. The first kappa shape index (κ1) is 10.3. The number of allylic oxidation sites excluding steroid dienone is 2. The molecule has 0 amide bonds. The zero-order valence-corrected chi connectivity index (χ0v) is 11.1. The molecule has 2 aliphatic rings. The third-order valence-electron chi connectivity index (χ3n) is 3.54. The number of hydrogen-bond donors (Lipinski definition) is 0. The Hall–Kier alpha value is -0.223. The molecule has 2 atom stereocenters. The van der Waals surface area contributed by atoms with Crippen LogP contribution in [0.5, 0.6) is 0 Å². The van der Waals surface area contributed by atoms with Gasteiger partial charge in [-0.05, 0) is 18.6 Å². The van der Waals surface area contributed by atoms with Crippen LogP contribution in [0.3, 0.4) is 0 Å². The van der Waals surface area contributed by atoms with Gasteiger partial charge in [0.25, 0.3) is 0 Å². The minimum absolute atomic E-state index is 0.0690. The predicted octanol–water partition coefficient (Wildman–Crippen LogP) is 2.31. The van der Waals surface area contributed by atoms with E-state index in [0.29, 0.717) is 6.42 Å². The molecule has 2 rings (SSSR count). The maximum absolute atomic E-state index is 11.9. The summed E-state index contributed by atoms with van der Waals surface area (Å²) >= 11 is 3.48. The van der Waals surface area contributed by atoms with E-state index in [1.165, 1.54) is 12.2 Å². The van der Waals surface area contributed by atoms with Gasteiger partial charge in [0.1, 0.15) is 0 Å². The van der Waals surface area contributed by atoms with Crippen molar-refractivity contribution in [3.63, 3.8) is 0 Å². The van der Waals surface area contributed by atoms with E-state index in [-0.39, 0.29) is 16.6 Å². The molecule has 2 nitrogen and oxygen atoms in total. The van der Waals surface area contributed by atoms with Crippen LogP contribution in [-0.2, 0) is 9.59 Å². The topological polar surface area (TPSA) is 34.1 Å². The minimum Gasteiger partial charge on any atom is -0.294 e. The zero-order chi connectivity index (χ0) is 10.8. The standard InChI is InChI=1S/C10H13BrO2Si/c1-14(2,3)10-6-9(10,11)7(12)4-5-8(10)13/h4-5H,6H2,1-3H3. The summed E-state index contributed by atoms with van der Waals surface area (Å²) in [5.74, 6) is 0.215. The van der Waals surface area contributed by atoms with Crippen molar-refractivity contribution >= 4 is 35.6 Å². The van der Waals surface area contributed by atoms with Gasteiger partial charge in [0.2, 0.25) is 0 Å². The highest BCUT2D eigenvalue weighted by Gasteiger charge is 2.78. The van der Waals surface area contributed by atoms with Gasteiger partial charge in [-0.3, -0.25) is 9.59 Å². The second-order valence-electron chi connectivity index (χ2n) is 5.20. The number of ketones is 2. The molecule has 2 aliphatic carbocycles. The Kier molecular flexibility index (Phi) is 1.82. The molecule has 0 aromatic carbocycles. The SMILES string of the molecule is C[Si](C)(C)C12CC1(Br)C(=O)C=CC2=O. The highest BCUT2D eigenvalue weighted by atomic mass is 79.9. The summed E-state index contributed by atoms with van der Waals surface area (Å²) in [5.41, 5.74) is 0. The van der Waals surface area contributed by atoms with Crippen LogP contribution in [0.1, 0.15) is 6.42 Å². The average molecular weight is 273 g/mol. The second-order valence-corrected chi connectivity index (χ2v) is 11.9. The predicted molar refractivity (Wildman–Crippen MR) is 61.5 cm³/mol. The lowest BCUT2D eigenvalue weighted by Gasteiger charge is -2.31. The summed E-state index contributed by atoms with van der Waals surface area (Å²) in [6.45, 7) is 6.46. The highest BCUT2D eigenvalue weighted by Crippen LogP contribution is 2.75. The second kappa shape index (κ2) is 2.47. The molecule has 0 aromatic heterocycles. The minimum atomic E-state index is -1.65. The Morgan fingerprint density at radius 2 is 1.71 bits per heavy atom. The summed E-state index contributed by atoms with van der Waals surface area (Å²) in [6, 6.07) is 0. The molecular weight excluding hydrogens is 260 g/mol. The summed E-state index contributed by atoms with van der Waals surface area (Å²) < 4.78 is -0.545. The van der Waals surface area contributed by atoms with Gasteiger partial charge in [0.15, 0.2) is 11.6 Å². The molecule has 1 fully saturated rings. The van der Waals surface area contributed by atoms with Gasteiger partial charge >= 0.3 is 0 Å². The Morgan fingerprint density at radius 3 is 2.14 bits per heavy atom. The van der Waals surface area contributed by atoms with Crippen LogP contribution in [-0.4, -0.2) is 24.0 Å². The monoisotopic (exact) mass is 272 g/mol. The van der Waals surface area contributed by atoms with Crippen LogP contribution in [0.4, 0.5) is 0 Å². The van der Waals surface area contributed by atoms with Crippen LogP contribution in [0.15, 0.2) is 12.2 Å². The van der Waals surface area contributed by atoms with Crippen molar-refractivity contribution in [2.24, 2.45) is 0 Å². The van der Waals surface area contributed by atoms with E-state index in [2.05, 4.69) is 35.6 Å². The first-order valence-electron chi connectivity index (χ1n) is 4.72. The molecule has 4 heteroatoms. The molecule has 0 radical (unpaired) electrons. The van der Waals surface area contributed by atoms with E-state index >= 15 is 0 Å². The van der Waals surface area contributed by atoms with Crippen molar-refractivity contribution in [3.05, 3.63) is 12.2 Å². The van der Waals surface area contributed by atoms with Crippen molar-refractivity contribution < 1.29 is 9.59 Å². The number of alkyl halides is 1. The lowest BCUT2D eigenvalue weighted by atomic mass is 10.0. The Bertz CT molecular complexity index is 369. The van der Waals surface area contributed by atoms with Crippen molar-refractivity contribution in [2.45, 2.75) is 35.4 Å². The molecule has 0 saturated heterocycles. The van der Waals surface area contributed by atoms with Gasteiger partial charge in [-0.2, -0.15) is 0 Å². The molecule has 0 spiro atoms. The highest BCUT2D eigenvalue weighted by molar-refractivity contribution is 9.10. The first-order valence-corrected chi connectivity index (χ1v) is 9.01. The van der Waals surface area contributed by atoms with Gasteiger partial charge in [0.05, 0.1) is 17.4 Å². The summed E-state index contributed by atoms with van der Waals surface area (Å²) in [5, 5.41) is -0.369. The van der Waals surface area contributed by atoms with Gasteiger partial charge in [-0.15, -0.1) is 0 Å². The summed E-state index contributed by atoms with van der Waals surface area (Å²) in [6.07, 6.45) is 3.58. The van der Waals surface area contributed by atoms with Crippen molar-refractivity contribution in [1.29, 1.82) is 0 Å². The van der Waals surface area contributed by atoms with Crippen molar-refractivity contribution in [2.75, 3.05) is 0 Å². The fraction of sp³-hybridized carbons (Fsp3) is 0.600. The number of fused-ring (bicyclic) bond motifs is 1. The van der Waals surface area contributed by atoms with E-state index < -0.39 is 12.4 Å². The molecule has 0 N–H and O–H groups in total. The Labute approximate surface area is 92.9 Å². The van der Waals surface area contributed by atoms with Crippen LogP contribution in [0, 0.1) is 0 Å². The average Bonchev–Trinajstić information content (AvgIpc) is 2.68. The molecule has 0 bridgehead atoms.